The molecule has 2 rings (SSSR count). The molecule has 0 radical (unpaired) electrons. The van der Waals surface area contributed by atoms with Gasteiger partial charge in [0, 0.05) is 19.3 Å². The number of aromatic amines is 1. The predicted octanol–water partition coefficient (Wildman–Crippen LogP) is 4.93. The molecule has 4 atom stereocenters. The van der Waals surface area contributed by atoms with Gasteiger partial charge in [-0.05, 0) is 50.0 Å². The first-order chi connectivity index (χ1) is 14.0. The van der Waals surface area contributed by atoms with Crippen LogP contribution >= 0.6 is 0 Å². The summed E-state index contributed by atoms with van der Waals surface area (Å²) < 4.78 is 0. The van der Waals surface area contributed by atoms with Crippen LogP contribution in [0.15, 0.2) is 40.2 Å². The Balaban J connectivity index is 1.63. The fourth-order valence-corrected chi connectivity index (χ4v) is 3.97. The topological polar surface area (TPSA) is 91.4 Å². The summed E-state index contributed by atoms with van der Waals surface area (Å²) in [4.78, 5) is 7.13. The predicted molar refractivity (Wildman–Crippen MR) is 122 cm³/mol. The summed E-state index contributed by atoms with van der Waals surface area (Å²) in [5, 5.41) is 12.1. The Hall–Kier alpha value is -1.95. The Bertz CT molecular complexity index is 675. The van der Waals surface area contributed by atoms with E-state index >= 15 is 0 Å². The monoisotopic (exact) mass is 400 g/mol. The van der Waals surface area contributed by atoms with Crippen LogP contribution in [0.1, 0.15) is 58.6 Å². The summed E-state index contributed by atoms with van der Waals surface area (Å²) >= 11 is 0. The molecule has 6 heteroatoms. The van der Waals surface area contributed by atoms with Gasteiger partial charge in [0.2, 0.25) is 0 Å². The summed E-state index contributed by atoms with van der Waals surface area (Å²) in [6.45, 7) is 8.93. The average Bonchev–Trinajstić information content (AvgIpc) is 3.12. The lowest BCUT2D eigenvalue weighted by atomic mass is 9.82. The van der Waals surface area contributed by atoms with E-state index in [9.17, 15) is 0 Å². The summed E-state index contributed by atoms with van der Waals surface area (Å²) in [6, 6.07) is 0.266. The first-order valence-electron chi connectivity index (χ1n) is 11.2. The smallest absolute Gasteiger partial charge is 0.197 e. The van der Waals surface area contributed by atoms with Gasteiger partial charge < -0.3 is 16.0 Å². The molecule has 0 bridgehead atoms. The van der Waals surface area contributed by atoms with Gasteiger partial charge in [-0.25, -0.2) is 4.98 Å². The van der Waals surface area contributed by atoms with Crippen molar-refractivity contribution < 1.29 is 0 Å². The summed E-state index contributed by atoms with van der Waals surface area (Å²) in [7, 11) is 1.77. The molecular weight excluding hydrogens is 360 g/mol. The number of imidazole rings is 1. The number of nitrogens with one attached hydrogen (secondary N) is 2. The highest BCUT2D eigenvalue weighted by atomic mass is 15.1. The van der Waals surface area contributed by atoms with E-state index in [0.717, 1.165) is 44.5 Å². The molecule has 0 aromatic carbocycles. The number of allylic oxidation sites excluding steroid dienone is 4. The van der Waals surface area contributed by atoms with E-state index in [0.29, 0.717) is 23.7 Å². The fourth-order valence-electron chi connectivity index (χ4n) is 3.97. The van der Waals surface area contributed by atoms with Crippen LogP contribution in [-0.2, 0) is 6.42 Å². The minimum Gasteiger partial charge on any atom is -0.369 e. The molecule has 4 N–H and O–H groups in total. The van der Waals surface area contributed by atoms with Crippen molar-refractivity contribution in [3.8, 4) is 0 Å². The third kappa shape index (κ3) is 8.52. The second-order valence-corrected chi connectivity index (χ2v) is 8.59. The maximum atomic E-state index is 5.61. The van der Waals surface area contributed by atoms with Crippen LogP contribution in [0, 0.1) is 17.8 Å². The van der Waals surface area contributed by atoms with Gasteiger partial charge in [-0.15, -0.1) is 0 Å². The highest BCUT2D eigenvalue weighted by Crippen LogP contribution is 2.28. The molecule has 1 heterocycles. The van der Waals surface area contributed by atoms with Crippen LogP contribution in [0.4, 0.5) is 5.95 Å². The number of hydrogen-bond donors (Lipinski definition) is 3. The van der Waals surface area contributed by atoms with Crippen molar-refractivity contribution in [1.82, 2.24) is 15.3 Å². The molecule has 4 unspecified atom stereocenters. The number of nitrogens with zero attached hydrogens (tertiary/aromatic N) is 3. The van der Waals surface area contributed by atoms with E-state index in [-0.39, 0.29) is 6.04 Å². The van der Waals surface area contributed by atoms with Gasteiger partial charge >= 0.3 is 0 Å². The molecule has 1 aliphatic rings. The first kappa shape index (κ1) is 23.3. The number of aromatic nitrogens is 2. The maximum Gasteiger partial charge on any atom is 0.197 e. The number of H-pyrrole nitrogens is 1. The number of nitrogen functional groups attached to an aromatic ring is 1. The normalized spacial score (nSPS) is 20.0. The summed E-state index contributed by atoms with van der Waals surface area (Å²) in [5.41, 5.74) is 8.32. The van der Waals surface area contributed by atoms with Crippen molar-refractivity contribution in [1.29, 1.82) is 0 Å². The zero-order valence-electron chi connectivity index (χ0n) is 18.7. The van der Waals surface area contributed by atoms with Crippen molar-refractivity contribution in [2.75, 3.05) is 25.9 Å². The van der Waals surface area contributed by atoms with Crippen LogP contribution in [0.5, 0.6) is 0 Å². The third-order valence-corrected chi connectivity index (χ3v) is 6.00. The molecule has 0 amide bonds. The highest BCUT2D eigenvalue weighted by molar-refractivity contribution is 5.21. The van der Waals surface area contributed by atoms with E-state index in [4.69, 9.17) is 5.73 Å². The van der Waals surface area contributed by atoms with Gasteiger partial charge in [0.15, 0.2) is 5.95 Å². The van der Waals surface area contributed by atoms with E-state index < -0.39 is 0 Å². The lowest BCUT2D eigenvalue weighted by Crippen LogP contribution is -2.32. The quantitative estimate of drug-likeness (QED) is 0.324. The standard InChI is InChI=1S/C23H40N6/c1-17-9-8-10-20(13-17)19(3)18(2)14-26-15-22(29-25-4)12-7-5-6-11-21-16-27-23(24)28-21/h8-10,16-19,22,26H,5-7,11-15H2,1-4H3,(H3,24,27,28). The number of azo groups is 1. The van der Waals surface area contributed by atoms with E-state index in [1.165, 1.54) is 12.8 Å². The third-order valence-electron chi connectivity index (χ3n) is 6.00. The molecule has 1 aliphatic carbocycles. The lowest BCUT2D eigenvalue weighted by Gasteiger charge is -2.26. The van der Waals surface area contributed by atoms with Gasteiger partial charge in [-0.2, -0.15) is 10.2 Å². The Morgan fingerprint density at radius 1 is 1.28 bits per heavy atom. The highest BCUT2D eigenvalue weighted by Gasteiger charge is 2.19. The molecule has 0 fully saturated rings. The molecule has 6 nitrogen and oxygen atoms in total. The number of anilines is 1. The van der Waals surface area contributed by atoms with Gasteiger partial charge in [-0.3, -0.25) is 0 Å². The van der Waals surface area contributed by atoms with Crippen LogP contribution in [0.3, 0.4) is 0 Å². The molecular formula is C23H40N6. The van der Waals surface area contributed by atoms with Gasteiger partial charge in [-0.1, -0.05) is 57.4 Å². The average molecular weight is 401 g/mol. The SMILES string of the molecule is CN=NC(CCCCCc1cnc(N)[nH]1)CNCC(C)C(C)C1=CC=CC(C)C1. The van der Waals surface area contributed by atoms with E-state index in [2.05, 4.69) is 64.5 Å². The second kappa shape index (κ2) is 12.6. The Kier molecular flexibility index (Phi) is 10.1. The van der Waals surface area contributed by atoms with Crippen LogP contribution in [0.25, 0.3) is 0 Å². The van der Waals surface area contributed by atoms with E-state index in [1.54, 1.807) is 12.6 Å². The van der Waals surface area contributed by atoms with E-state index in [1.807, 2.05) is 6.20 Å². The fraction of sp³-hybridized carbons (Fsp3) is 0.696. The summed E-state index contributed by atoms with van der Waals surface area (Å²) in [5.74, 6) is 2.39. The van der Waals surface area contributed by atoms with Crippen LogP contribution in [-0.4, -0.2) is 36.1 Å². The van der Waals surface area contributed by atoms with Crippen molar-refractivity contribution >= 4 is 5.95 Å². The van der Waals surface area contributed by atoms with Crippen LogP contribution in [0.2, 0.25) is 0 Å². The molecule has 0 saturated heterocycles. The van der Waals surface area contributed by atoms with Crippen molar-refractivity contribution in [2.24, 2.45) is 28.0 Å². The Labute approximate surface area is 176 Å². The van der Waals surface area contributed by atoms with Gasteiger partial charge in [0.25, 0.3) is 0 Å². The zero-order chi connectivity index (χ0) is 21.1. The molecule has 162 valence electrons. The number of aryl methyl sites for hydroxylation is 1. The largest absolute Gasteiger partial charge is 0.369 e. The molecule has 1 aromatic heterocycles. The lowest BCUT2D eigenvalue weighted by molar-refractivity contribution is 0.383. The second-order valence-electron chi connectivity index (χ2n) is 8.59. The summed E-state index contributed by atoms with van der Waals surface area (Å²) in [6.07, 6.45) is 15.4. The Morgan fingerprint density at radius 2 is 2.10 bits per heavy atom. The molecule has 0 aliphatic heterocycles. The maximum absolute atomic E-state index is 5.61. The molecule has 1 aromatic rings. The minimum absolute atomic E-state index is 0.266. The van der Waals surface area contributed by atoms with Gasteiger partial charge in [0.05, 0.1) is 12.2 Å². The first-order valence-corrected chi connectivity index (χ1v) is 11.2. The number of rotatable bonds is 13. The molecule has 29 heavy (non-hydrogen) atoms. The zero-order valence-corrected chi connectivity index (χ0v) is 18.7. The molecule has 0 spiro atoms. The number of hydrogen-bond acceptors (Lipinski definition) is 5. The minimum atomic E-state index is 0.266. The van der Waals surface area contributed by atoms with Crippen LogP contribution < -0.4 is 11.1 Å². The van der Waals surface area contributed by atoms with Crippen molar-refractivity contribution in [2.45, 2.75) is 65.3 Å². The van der Waals surface area contributed by atoms with Crippen molar-refractivity contribution in [3.63, 3.8) is 0 Å². The molecule has 0 saturated carbocycles. The number of nitrogens with two attached hydrogens (primary N) is 1. The number of unbranched alkanes of at least 4 members (excludes halogenated alkanes) is 2. The van der Waals surface area contributed by atoms with Gasteiger partial charge in [0.1, 0.15) is 0 Å². The Morgan fingerprint density at radius 3 is 2.79 bits per heavy atom. The van der Waals surface area contributed by atoms with Crippen molar-refractivity contribution in [3.05, 3.63) is 35.7 Å².